The van der Waals surface area contributed by atoms with E-state index in [9.17, 15) is 9.59 Å². The first-order valence-electron chi connectivity index (χ1n) is 7.60. The lowest BCUT2D eigenvalue weighted by atomic mass is 9.73. The molecule has 0 aromatic carbocycles. The summed E-state index contributed by atoms with van der Waals surface area (Å²) in [6.07, 6.45) is 7.07. The van der Waals surface area contributed by atoms with Crippen LogP contribution < -0.4 is 5.73 Å². The van der Waals surface area contributed by atoms with E-state index < -0.39 is 5.54 Å². The lowest BCUT2D eigenvalue weighted by Crippen LogP contribution is -2.52. The largest absolute Gasteiger partial charge is 0.324 e. The van der Waals surface area contributed by atoms with Crippen molar-refractivity contribution in [2.75, 3.05) is 6.54 Å². The summed E-state index contributed by atoms with van der Waals surface area (Å²) in [6, 6.07) is 0. The zero-order valence-electron chi connectivity index (χ0n) is 12.2. The number of likely N-dealkylation sites (tertiary alicyclic amines) is 1. The fraction of sp³-hybridized carbons (Fsp3) is 0.867. The Morgan fingerprint density at radius 1 is 1.16 bits per heavy atom. The van der Waals surface area contributed by atoms with Crippen molar-refractivity contribution in [3.05, 3.63) is 0 Å². The molecule has 2 fully saturated rings. The van der Waals surface area contributed by atoms with Gasteiger partial charge in [-0.15, -0.1) is 0 Å². The van der Waals surface area contributed by atoms with E-state index in [-0.39, 0.29) is 17.2 Å². The molecule has 0 bridgehead atoms. The van der Waals surface area contributed by atoms with Crippen LogP contribution in [0.25, 0.3) is 0 Å². The van der Waals surface area contributed by atoms with E-state index in [4.69, 9.17) is 5.73 Å². The maximum Gasteiger partial charge on any atom is 0.235 e. The van der Waals surface area contributed by atoms with Crippen molar-refractivity contribution in [1.29, 1.82) is 0 Å². The Morgan fingerprint density at radius 3 is 2.26 bits per heavy atom. The number of rotatable bonds is 4. The Balaban J connectivity index is 2.14. The summed E-state index contributed by atoms with van der Waals surface area (Å²) in [5, 5.41) is 0. The van der Waals surface area contributed by atoms with Gasteiger partial charge in [-0.1, -0.05) is 33.1 Å². The van der Waals surface area contributed by atoms with Crippen molar-refractivity contribution in [3.8, 4) is 0 Å². The number of amides is 2. The van der Waals surface area contributed by atoms with Gasteiger partial charge in [-0.25, -0.2) is 0 Å². The fourth-order valence-corrected chi connectivity index (χ4v) is 3.43. The molecular formula is C15H26N2O2. The second kappa shape index (κ2) is 5.23. The van der Waals surface area contributed by atoms with Crippen LogP contribution in [-0.4, -0.2) is 28.8 Å². The fourth-order valence-electron chi connectivity index (χ4n) is 3.43. The highest BCUT2D eigenvalue weighted by molar-refractivity contribution is 6.06. The van der Waals surface area contributed by atoms with Gasteiger partial charge in [0.25, 0.3) is 0 Å². The number of hydrogen-bond donors (Lipinski definition) is 1. The van der Waals surface area contributed by atoms with Gasteiger partial charge >= 0.3 is 0 Å². The molecule has 1 saturated carbocycles. The van der Waals surface area contributed by atoms with E-state index >= 15 is 0 Å². The second-order valence-corrected chi connectivity index (χ2v) is 6.37. The zero-order valence-corrected chi connectivity index (χ0v) is 12.2. The first-order chi connectivity index (χ1) is 8.96. The summed E-state index contributed by atoms with van der Waals surface area (Å²) in [7, 11) is 0. The molecule has 1 heterocycles. The van der Waals surface area contributed by atoms with Gasteiger partial charge in [0.2, 0.25) is 11.8 Å². The van der Waals surface area contributed by atoms with Crippen LogP contribution in [0.15, 0.2) is 0 Å². The quantitative estimate of drug-likeness (QED) is 0.793. The standard InChI is InChI=1S/C15H26N2O2/c1-3-15(16,4-2)11-17-12(18)10-14(13(17)19)8-6-5-7-9-14/h3-11,16H2,1-2H3. The third kappa shape index (κ3) is 2.55. The molecule has 108 valence electrons. The molecule has 1 aliphatic carbocycles. The van der Waals surface area contributed by atoms with Gasteiger partial charge in [-0.3, -0.25) is 14.5 Å². The number of nitrogens with zero attached hydrogens (tertiary/aromatic N) is 1. The maximum atomic E-state index is 12.7. The van der Waals surface area contributed by atoms with Crippen LogP contribution in [0.4, 0.5) is 0 Å². The molecule has 0 unspecified atom stereocenters. The van der Waals surface area contributed by atoms with Gasteiger partial charge in [-0.2, -0.15) is 0 Å². The first kappa shape index (κ1) is 14.5. The van der Waals surface area contributed by atoms with Gasteiger partial charge in [0, 0.05) is 18.5 Å². The lowest BCUT2D eigenvalue weighted by molar-refractivity contribution is -0.143. The predicted octanol–water partition coefficient (Wildman–Crippen LogP) is 2.21. The Hall–Kier alpha value is -0.900. The Morgan fingerprint density at radius 2 is 1.74 bits per heavy atom. The van der Waals surface area contributed by atoms with Gasteiger partial charge in [-0.05, 0) is 25.7 Å². The van der Waals surface area contributed by atoms with Gasteiger partial charge in [0.15, 0.2) is 0 Å². The van der Waals surface area contributed by atoms with Gasteiger partial charge in [0.1, 0.15) is 0 Å². The Labute approximate surface area is 115 Å². The summed E-state index contributed by atoms with van der Waals surface area (Å²) < 4.78 is 0. The average Bonchev–Trinajstić information content (AvgIpc) is 2.64. The van der Waals surface area contributed by atoms with Crippen LogP contribution in [0.2, 0.25) is 0 Å². The van der Waals surface area contributed by atoms with Crippen LogP contribution in [0.5, 0.6) is 0 Å². The van der Waals surface area contributed by atoms with E-state index in [0.29, 0.717) is 13.0 Å². The van der Waals surface area contributed by atoms with Crippen molar-refractivity contribution >= 4 is 11.8 Å². The number of carbonyl (C=O) groups is 2. The predicted molar refractivity (Wildman–Crippen MR) is 74.4 cm³/mol. The minimum Gasteiger partial charge on any atom is -0.324 e. The van der Waals surface area contributed by atoms with E-state index in [1.807, 2.05) is 13.8 Å². The Bertz CT molecular complexity index is 368. The van der Waals surface area contributed by atoms with Crippen LogP contribution in [0, 0.1) is 5.41 Å². The molecule has 0 aromatic heterocycles. The number of imide groups is 1. The highest BCUT2D eigenvalue weighted by Crippen LogP contribution is 2.45. The summed E-state index contributed by atoms with van der Waals surface area (Å²) >= 11 is 0. The monoisotopic (exact) mass is 266 g/mol. The molecule has 19 heavy (non-hydrogen) atoms. The minimum absolute atomic E-state index is 0.0105. The molecule has 4 nitrogen and oxygen atoms in total. The van der Waals surface area contributed by atoms with Crippen molar-refractivity contribution in [2.45, 2.75) is 70.8 Å². The molecule has 0 atom stereocenters. The minimum atomic E-state index is -0.425. The molecule has 4 heteroatoms. The average molecular weight is 266 g/mol. The van der Waals surface area contributed by atoms with Crippen molar-refractivity contribution in [2.24, 2.45) is 11.1 Å². The van der Waals surface area contributed by atoms with Crippen molar-refractivity contribution < 1.29 is 9.59 Å². The second-order valence-electron chi connectivity index (χ2n) is 6.37. The van der Waals surface area contributed by atoms with Gasteiger partial charge in [0.05, 0.1) is 5.41 Å². The van der Waals surface area contributed by atoms with Crippen LogP contribution in [0.3, 0.4) is 0 Å². The van der Waals surface area contributed by atoms with Crippen LogP contribution in [-0.2, 0) is 9.59 Å². The zero-order chi connectivity index (χ0) is 14.1. The molecular weight excluding hydrogens is 240 g/mol. The van der Waals surface area contributed by atoms with Crippen LogP contribution >= 0.6 is 0 Å². The molecule has 1 aliphatic heterocycles. The maximum absolute atomic E-state index is 12.7. The topological polar surface area (TPSA) is 63.4 Å². The normalized spacial score (nSPS) is 23.4. The molecule has 2 aliphatic rings. The summed E-state index contributed by atoms with van der Waals surface area (Å²) in [4.78, 5) is 26.3. The molecule has 2 rings (SSSR count). The van der Waals surface area contributed by atoms with E-state index in [0.717, 1.165) is 38.5 Å². The molecule has 1 spiro atoms. The lowest BCUT2D eigenvalue weighted by Gasteiger charge is -2.34. The molecule has 1 saturated heterocycles. The van der Waals surface area contributed by atoms with Crippen LogP contribution in [0.1, 0.15) is 65.2 Å². The number of nitrogens with two attached hydrogens (primary N) is 1. The smallest absolute Gasteiger partial charge is 0.235 e. The number of hydrogen-bond acceptors (Lipinski definition) is 3. The van der Waals surface area contributed by atoms with Crippen molar-refractivity contribution in [3.63, 3.8) is 0 Å². The van der Waals surface area contributed by atoms with E-state index in [1.165, 1.54) is 11.3 Å². The summed E-state index contributed by atoms with van der Waals surface area (Å²) in [5.74, 6) is 0.0394. The van der Waals surface area contributed by atoms with Crippen molar-refractivity contribution in [1.82, 2.24) is 4.90 Å². The van der Waals surface area contributed by atoms with Gasteiger partial charge < -0.3 is 5.73 Å². The summed E-state index contributed by atoms with van der Waals surface area (Å²) in [5.41, 5.74) is 5.47. The molecule has 2 amide bonds. The van der Waals surface area contributed by atoms with E-state index in [1.54, 1.807) is 0 Å². The molecule has 0 aromatic rings. The molecule has 0 radical (unpaired) electrons. The third-order valence-corrected chi connectivity index (χ3v) is 5.18. The van der Waals surface area contributed by atoms with E-state index in [2.05, 4.69) is 0 Å². The third-order valence-electron chi connectivity index (χ3n) is 5.18. The highest BCUT2D eigenvalue weighted by Gasteiger charge is 2.52. The Kier molecular flexibility index (Phi) is 4.00. The molecule has 2 N–H and O–H groups in total. The highest BCUT2D eigenvalue weighted by atomic mass is 16.2. The first-order valence-corrected chi connectivity index (χ1v) is 7.60. The number of carbonyl (C=O) groups excluding carboxylic acids is 2. The summed E-state index contributed by atoms with van der Waals surface area (Å²) in [6.45, 7) is 4.43. The SMILES string of the molecule is CCC(N)(CC)CN1C(=O)CC2(CCCCC2)C1=O.